The molecule has 166 valence electrons. The standard InChI is InChI=1S/C26H28N2O3S/c1-31-23-10-5-9-22(15-23)26(30)28(17-21-12-13-21)19-25(29)27(18-24-11-6-14-32-24)16-20-7-3-2-4-8-20/h2-11,14-15,21H,12-13,16-19H2,1H3. The summed E-state index contributed by atoms with van der Waals surface area (Å²) >= 11 is 1.64. The van der Waals surface area contributed by atoms with Crippen LogP contribution in [0, 0.1) is 5.92 Å². The van der Waals surface area contributed by atoms with Crippen molar-refractivity contribution in [2.75, 3.05) is 20.2 Å². The van der Waals surface area contributed by atoms with E-state index in [-0.39, 0.29) is 18.4 Å². The molecule has 32 heavy (non-hydrogen) atoms. The van der Waals surface area contributed by atoms with Crippen LogP contribution >= 0.6 is 11.3 Å². The zero-order chi connectivity index (χ0) is 22.3. The number of benzene rings is 2. The minimum Gasteiger partial charge on any atom is -0.497 e. The van der Waals surface area contributed by atoms with Gasteiger partial charge in [-0.15, -0.1) is 11.3 Å². The number of amides is 2. The van der Waals surface area contributed by atoms with Crippen LogP contribution in [0.3, 0.4) is 0 Å². The first kappa shape index (κ1) is 22.1. The van der Waals surface area contributed by atoms with Crippen LogP contribution in [0.5, 0.6) is 5.75 Å². The fourth-order valence-corrected chi connectivity index (χ4v) is 4.38. The van der Waals surface area contributed by atoms with Crippen molar-refractivity contribution in [1.29, 1.82) is 0 Å². The van der Waals surface area contributed by atoms with Gasteiger partial charge in [0.25, 0.3) is 5.91 Å². The summed E-state index contributed by atoms with van der Waals surface area (Å²) in [6.07, 6.45) is 2.22. The molecule has 0 atom stereocenters. The second-order valence-corrected chi connectivity index (χ2v) is 9.21. The van der Waals surface area contributed by atoms with Gasteiger partial charge in [-0.05, 0) is 54.0 Å². The number of carbonyl (C=O) groups excluding carboxylic acids is 2. The van der Waals surface area contributed by atoms with Gasteiger partial charge >= 0.3 is 0 Å². The van der Waals surface area contributed by atoms with Crippen molar-refractivity contribution in [3.63, 3.8) is 0 Å². The Labute approximate surface area is 193 Å². The fraction of sp³-hybridized carbons (Fsp3) is 0.308. The normalized spacial score (nSPS) is 12.9. The summed E-state index contributed by atoms with van der Waals surface area (Å²) in [5.74, 6) is 0.952. The number of carbonyl (C=O) groups is 2. The van der Waals surface area contributed by atoms with Crippen LogP contribution in [-0.2, 0) is 17.9 Å². The third-order valence-electron chi connectivity index (χ3n) is 5.60. The first-order valence-corrected chi connectivity index (χ1v) is 11.8. The molecule has 1 aliphatic carbocycles. The third kappa shape index (κ3) is 5.98. The third-order valence-corrected chi connectivity index (χ3v) is 6.46. The molecule has 1 aromatic heterocycles. The monoisotopic (exact) mass is 448 g/mol. The van der Waals surface area contributed by atoms with Crippen LogP contribution in [-0.4, -0.2) is 41.8 Å². The molecule has 2 amide bonds. The highest BCUT2D eigenvalue weighted by atomic mass is 32.1. The van der Waals surface area contributed by atoms with Gasteiger partial charge in [-0.25, -0.2) is 0 Å². The second-order valence-electron chi connectivity index (χ2n) is 8.18. The van der Waals surface area contributed by atoms with Gasteiger partial charge in [0.15, 0.2) is 0 Å². The summed E-state index contributed by atoms with van der Waals surface area (Å²) in [6, 6.07) is 21.2. The SMILES string of the molecule is COc1cccc(C(=O)N(CC(=O)N(Cc2ccccc2)Cc2cccs2)CC2CC2)c1. The second kappa shape index (κ2) is 10.5. The van der Waals surface area contributed by atoms with Gasteiger partial charge in [0, 0.05) is 23.5 Å². The van der Waals surface area contributed by atoms with Crippen molar-refractivity contribution in [2.45, 2.75) is 25.9 Å². The molecular formula is C26H28N2O3S. The van der Waals surface area contributed by atoms with E-state index < -0.39 is 0 Å². The lowest BCUT2D eigenvalue weighted by Crippen LogP contribution is -2.43. The molecule has 1 fully saturated rings. The van der Waals surface area contributed by atoms with Gasteiger partial charge < -0.3 is 14.5 Å². The highest BCUT2D eigenvalue weighted by Crippen LogP contribution is 2.30. The molecule has 1 saturated carbocycles. The molecule has 0 unspecified atom stereocenters. The zero-order valence-electron chi connectivity index (χ0n) is 18.3. The first-order valence-electron chi connectivity index (χ1n) is 10.9. The van der Waals surface area contributed by atoms with Crippen LogP contribution in [0.25, 0.3) is 0 Å². The van der Waals surface area contributed by atoms with E-state index in [1.165, 1.54) is 0 Å². The topological polar surface area (TPSA) is 49.9 Å². The summed E-state index contributed by atoms with van der Waals surface area (Å²) in [6.45, 7) is 1.74. The van der Waals surface area contributed by atoms with Gasteiger partial charge in [-0.2, -0.15) is 0 Å². The van der Waals surface area contributed by atoms with Crippen molar-refractivity contribution in [3.05, 3.63) is 88.1 Å². The maximum absolute atomic E-state index is 13.5. The van der Waals surface area contributed by atoms with Gasteiger partial charge in [-0.3, -0.25) is 9.59 Å². The molecule has 2 aromatic carbocycles. The largest absolute Gasteiger partial charge is 0.497 e. The minimum absolute atomic E-state index is 0.0425. The molecule has 0 aliphatic heterocycles. The van der Waals surface area contributed by atoms with E-state index in [2.05, 4.69) is 0 Å². The predicted octanol–water partition coefficient (Wildman–Crippen LogP) is 4.84. The van der Waals surface area contributed by atoms with Gasteiger partial charge in [0.2, 0.25) is 5.91 Å². The van der Waals surface area contributed by atoms with Crippen molar-refractivity contribution in [3.8, 4) is 5.75 Å². The number of nitrogens with zero attached hydrogens (tertiary/aromatic N) is 2. The van der Waals surface area contributed by atoms with Crippen molar-refractivity contribution < 1.29 is 14.3 Å². The Kier molecular flexibility index (Phi) is 7.22. The zero-order valence-corrected chi connectivity index (χ0v) is 19.1. The van der Waals surface area contributed by atoms with E-state index in [1.807, 2.05) is 64.9 Å². The van der Waals surface area contributed by atoms with E-state index in [0.717, 1.165) is 23.3 Å². The molecule has 1 heterocycles. The average molecular weight is 449 g/mol. The molecule has 0 radical (unpaired) electrons. The number of rotatable bonds is 10. The number of hydrogen-bond acceptors (Lipinski definition) is 4. The molecule has 6 heteroatoms. The molecule has 5 nitrogen and oxygen atoms in total. The molecule has 0 saturated heterocycles. The minimum atomic E-state index is -0.125. The maximum atomic E-state index is 13.5. The Bertz CT molecular complexity index is 1030. The summed E-state index contributed by atoms with van der Waals surface area (Å²) in [4.78, 5) is 31.5. The lowest BCUT2D eigenvalue weighted by molar-refractivity contribution is -0.133. The quantitative estimate of drug-likeness (QED) is 0.446. The van der Waals surface area contributed by atoms with Crippen LogP contribution < -0.4 is 4.74 Å². The lowest BCUT2D eigenvalue weighted by atomic mass is 10.1. The van der Waals surface area contributed by atoms with Crippen molar-refractivity contribution >= 4 is 23.2 Å². The lowest BCUT2D eigenvalue weighted by Gasteiger charge is -2.28. The number of methoxy groups -OCH3 is 1. The fourth-order valence-electron chi connectivity index (χ4n) is 3.66. The average Bonchev–Trinajstić information content (AvgIpc) is 3.50. The summed E-state index contributed by atoms with van der Waals surface area (Å²) in [5, 5.41) is 2.02. The highest BCUT2D eigenvalue weighted by Gasteiger charge is 2.30. The summed E-state index contributed by atoms with van der Waals surface area (Å²) < 4.78 is 5.28. The molecule has 3 aromatic rings. The van der Waals surface area contributed by atoms with Crippen LogP contribution in [0.15, 0.2) is 72.1 Å². The summed E-state index contributed by atoms with van der Waals surface area (Å²) in [7, 11) is 1.58. The molecule has 1 aliphatic rings. The van der Waals surface area contributed by atoms with Gasteiger partial charge in [0.05, 0.1) is 13.7 Å². The Hall–Kier alpha value is -3.12. The van der Waals surface area contributed by atoms with Crippen molar-refractivity contribution in [1.82, 2.24) is 9.80 Å². The molecule has 0 spiro atoms. The molecule has 0 bridgehead atoms. The first-order chi connectivity index (χ1) is 15.6. The van der Waals surface area contributed by atoms with E-state index in [1.54, 1.807) is 35.5 Å². The number of thiophene rings is 1. The van der Waals surface area contributed by atoms with E-state index in [0.29, 0.717) is 36.9 Å². The van der Waals surface area contributed by atoms with E-state index >= 15 is 0 Å². The van der Waals surface area contributed by atoms with Crippen LogP contribution in [0.4, 0.5) is 0 Å². The Morgan fingerprint density at radius 3 is 2.47 bits per heavy atom. The number of ether oxygens (including phenoxy) is 1. The predicted molar refractivity (Wildman–Crippen MR) is 127 cm³/mol. The molecular weight excluding hydrogens is 420 g/mol. The molecule has 4 rings (SSSR count). The molecule has 0 N–H and O–H groups in total. The van der Waals surface area contributed by atoms with E-state index in [4.69, 9.17) is 4.74 Å². The van der Waals surface area contributed by atoms with Gasteiger partial charge in [-0.1, -0.05) is 42.5 Å². The van der Waals surface area contributed by atoms with Gasteiger partial charge in [0.1, 0.15) is 12.3 Å². The maximum Gasteiger partial charge on any atom is 0.254 e. The summed E-state index contributed by atoms with van der Waals surface area (Å²) in [5.41, 5.74) is 1.62. The van der Waals surface area contributed by atoms with Crippen LogP contribution in [0.2, 0.25) is 0 Å². The smallest absolute Gasteiger partial charge is 0.254 e. The number of hydrogen-bond donors (Lipinski definition) is 0. The Morgan fingerprint density at radius 1 is 0.969 bits per heavy atom. The van der Waals surface area contributed by atoms with Crippen molar-refractivity contribution in [2.24, 2.45) is 5.92 Å². The Morgan fingerprint density at radius 2 is 1.78 bits per heavy atom. The van der Waals surface area contributed by atoms with E-state index in [9.17, 15) is 9.59 Å². The van der Waals surface area contributed by atoms with Crippen LogP contribution in [0.1, 0.15) is 33.6 Å². The highest BCUT2D eigenvalue weighted by molar-refractivity contribution is 7.09. The Balaban J connectivity index is 1.52.